The third-order valence-corrected chi connectivity index (χ3v) is 6.27. The van der Waals surface area contributed by atoms with Crippen molar-refractivity contribution in [2.24, 2.45) is 5.41 Å². The van der Waals surface area contributed by atoms with Crippen LogP contribution in [0.15, 0.2) is 0 Å². The predicted octanol–water partition coefficient (Wildman–Crippen LogP) is 6.70. The molecule has 140 valence electrons. The van der Waals surface area contributed by atoms with E-state index in [1.165, 1.54) is 57.1 Å². The van der Waals surface area contributed by atoms with Gasteiger partial charge in [-0.15, -0.1) is 0 Å². The van der Waals surface area contributed by atoms with Gasteiger partial charge in [0.2, 0.25) is 5.91 Å². The Labute approximate surface area is 154 Å². The number of amides is 1. The van der Waals surface area contributed by atoms with Gasteiger partial charge >= 0.3 is 0 Å². The van der Waals surface area contributed by atoms with Gasteiger partial charge < -0.3 is 5.32 Å². The van der Waals surface area contributed by atoms with Crippen LogP contribution in [-0.2, 0) is 4.79 Å². The molecule has 0 atom stereocenters. The molecular formula is C19H41NOS2. The molecule has 0 radical (unpaired) electrons. The van der Waals surface area contributed by atoms with Crippen LogP contribution in [-0.4, -0.2) is 24.0 Å². The molecule has 23 heavy (non-hydrogen) atoms. The summed E-state index contributed by atoms with van der Waals surface area (Å²) >= 11 is 0. The zero-order valence-electron chi connectivity index (χ0n) is 15.9. The first kappa shape index (κ1) is 23.2. The molecule has 0 aromatic heterocycles. The monoisotopic (exact) mass is 363 g/mol. The predicted molar refractivity (Wildman–Crippen MR) is 111 cm³/mol. The Morgan fingerprint density at radius 2 is 1.48 bits per heavy atom. The highest BCUT2D eigenvalue weighted by atomic mass is 33.1. The number of hydrogen-bond acceptors (Lipinski definition) is 3. The minimum Gasteiger partial charge on any atom is -0.355 e. The van der Waals surface area contributed by atoms with Gasteiger partial charge in [-0.2, -0.15) is 0 Å². The quantitative estimate of drug-likeness (QED) is 0.259. The van der Waals surface area contributed by atoms with E-state index in [2.05, 4.69) is 33.0 Å². The fraction of sp³-hybridized carbons (Fsp3) is 0.947. The molecule has 0 fully saturated rings. The molecule has 0 rings (SSSR count). The molecule has 0 aromatic carbocycles. The van der Waals surface area contributed by atoms with Crippen LogP contribution in [0, 0.1) is 5.41 Å². The second kappa shape index (κ2) is 15.7. The Morgan fingerprint density at radius 3 is 2.09 bits per heavy atom. The van der Waals surface area contributed by atoms with Gasteiger partial charge in [0, 0.05) is 25.9 Å². The van der Waals surface area contributed by atoms with Crippen LogP contribution in [0.5, 0.6) is 0 Å². The summed E-state index contributed by atoms with van der Waals surface area (Å²) in [5, 5.41) is 3.02. The average Bonchev–Trinajstić information content (AvgIpc) is 2.49. The zero-order valence-corrected chi connectivity index (χ0v) is 17.6. The van der Waals surface area contributed by atoms with Crippen LogP contribution < -0.4 is 5.32 Å². The van der Waals surface area contributed by atoms with Crippen molar-refractivity contribution >= 4 is 27.5 Å². The van der Waals surface area contributed by atoms with E-state index in [0.29, 0.717) is 6.42 Å². The van der Waals surface area contributed by atoms with Crippen molar-refractivity contribution in [3.63, 3.8) is 0 Å². The molecule has 0 saturated heterocycles. The fourth-order valence-electron chi connectivity index (χ4n) is 2.22. The van der Waals surface area contributed by atoms with E-state index in [-0.39, 0.29) is 12.7 Å². The van der Waals surface area contributed by atoms with Crippen LogP contribution in [0.4, 0.5) is 0 Å². The maximum absolute atomic E-state index is 11.7. The van der Waals surface area contributed by atoms with Crippen molar-refractivity contribution in [1.82, 2.24) is 5.32 Å². The van der Waals surface area contributed by atoms with Crippen molar-refractivity contribution in [1.29, 1.82) is 0 Å². The van der Waals surface area contributed by atoms with Gasteiger partial charge in [-0.3, -0.25) is 4.79 Å². The molecule has 0 spiro atoms. The molecule has 0 heterocycles. The lowest BCUT2D eigenvalue weighted by atomic mass is 9.90. The molecule has 0 unspecified atom stereocenters. The third kappa shape index (κ3) is 20.1. The summed E-state index contributed by atoms with van der Waals surface area (Å²) in [5.41, 5.74) is 0.248. The lowest BCUT2D eigenvalue weighted by Gasteiger charge is -2.17. The first-order valence-corrected chi connectivity index (χ1v) is 12.0. The Balaban J connectivity index is 0. The highest BCUT2D eigenvalue weighted by molar-refractivity contribution is 8.76. The lowest BCUT2D eigenvalue weighted by Crippen LogP contribution is -2.26. The molecule has 0 saturated carbocycles. The van der Waals surface area contributed by atoms with Crippen molar-refractivity contribution < 1.29 is 6.22 Å². The van der Waals surface area contributed by atoms with Gasteiger partial charge in [0.15, 0.2) is 0 Å². The van der Waals surface area contributed by atoms with Crippen LogP contribution in [0.3, 0.4) is 0 Å². The largest absolute Gasteiger partial charge is 0.355 e. The maximum atomic E-state index is 11.7. The average molecular weight is 364 g/mol. The van der Waals surface area contributed by atoms with Crippen molar-refractivity contribution in [2.45, 2.75) is 91.9 Å². The first-order valence-electron chi connectivity index (χ1n) is 9.47. The van der Waals surface area contributed by atoms with Crippen LogP contribution in [0.2, 0.25) is 0 Å². The summed E-state index contributed by atoms with van der Waals surface area (Å²) in [6.07, 6.45) is 12.7. The minimum absolute atomic E-state index is 0. The van der Waals surface area contributed by atoms with Crippen LogP contribution >= 0.6 is 21.6 Å². The third-order valence-electron chi connectivity index (χ3n) is 3.77. The van der Waals surface area contributed by atoms with E-state index >= 15 is 0 Å². The number of nitrogens with one attached hydrogen (secondary N) is 1. The highest BCUT2D eigenvalue weighted by Gasteiger charge is 2.12. The summed E-state index contributed by atoms with van der Waals surface area (Å²) < 4.78 is 0. The molecule has 4 heteroatoms. The summed E-state index contributed by atoms with van der Waals surface area (Å²) in [7, 11) is 3.86. The Morgan fingerprint density at radius 1 is 0.913 bits per heavy atom. The molecule has 0 aliphatic heterocycles. The Hall–Kier alpha value is 0.170. The molecule has 0 aromatic rings. The van der Waals surface area contributed by atoms with E-state index in [4.69, 9.17) is 0 Å². The number of carbonyl (C=O) groups is 1. The first-order chi connectivity index (χ1) is 11.0. The molecule has 1 N–H and O–H groups in total. The van der Waals surface area contributed by atoms with E-state index in [1.807, 2.05) is 21.6 Å². The molecule has 2 nitrogen and oxygen atoms in total. The fourth-order valence-corrected chi connectivity index (χ4v) is 4.28. The van der Waals surface area contributed by atoms with E-state index < -0.39 is 0 Å². The normalized spacial score (nSPS) is 11.7. The molecule has 0 bridgehead atoms. The summed E-state index contributed by atoms with van der Waals surface area (Å²) in [4.78, 5) is 11.7. The SMILES string of the molecule is CCCCCCCCCCSSCCNC(=O)CCC(C)(C)C.[HH]. The number of rotatable bonds is 15. The number of carbonyl (C=O) groups excluding carboxylic acids is 1. The summed E-state index contributed by atoms with van der Waals surface area (Å²) in [5.74, 6) is 2.47. The molecule has 1 amide bonds. The van der Waals surface area contributed by atoms with Gasteiger partial charge in [-0.25, -0.2) is 0 Å². The topological polar surface area (TPSA) is 29.1 Å². The van der Waals surface area contributed by atoms with Crippen LogP contribution in [0.25, 0.3) is 0 Å². The minimum atomic E-state index is 0. The van der Waals surface area contributed by atoms with E-state index in [9.17, 15) is 4.79 Å². The van der Waals surface area contributed by atoms with E-state index in [0.717, 1.165) is 18.7 Å². The lowest BCUT2D eigenvalue weighted by molar-refractivity contribution is -0.121. The van der Waals surface area contributed by atoms with Gasteiger partial charge in [0.1, 0.15) is 0 Å². The Bertz CT molecular complexity index is 283. The summed E-state index contributed by atoms with van der Waals surface area (Å²) in [6.45, 7) is 9.61. The van der Waals surface area contributed by atoms with Crippen molar-refractivity contribution in [3.05, 3.63) is 0 Å². The standard InChI is InChI=1S/C19H39NOS2.H2/c1-5-6-7-8-9-10-11-12-16-22-23-17-15-20-18(21)13-14-19(2,3)4;/h5-17H2,1-4H3,(H,20,21);1H. The van der Waals surface area contributed by atoms with Gasteiger partial charge in [-0.1, -0.05) is 94.2 Å². The molecular weight excluding hydrogens is 322 g/mol. The van der Waals surface area contributed by atoms with E-state index in [1.54, 1.807) is 0 Å². The van der Waals surface area contributed by atoms with Crippen LogP contribution in [0.1, 0.15) is 93.3 Å². The maximum Gasteiger partial charge on any atom is 0.220 e. The zero-order chi connectivity index (χ0) is 17.4. The number of hydrogen-bond donors (Lipinski definition) is 1. The van der Waals surface area contributed by atoms with Crippen molar-refractivity contribution in [3.8, 4) is 0 Å². The van der Waals surface area contributed by atoms with Gasteiger partial charge in [0.05, 0.1) is 0 Å². The highest BCUT2D eigenvalue weighted by Crippen LogP contribution is 2.23. The molecule has 0 aliphatic rings. The van der Waals surface area contributed by atoms with Gasteiger partial charge in [0.25, 0.3) is 0 Å². The molecule has 0 aliphatic carbocycles. The second-order valence-corrected chi connectivity index (χ2v) is 10.2. The van der Waals surface area contributed by atoms with Crippen molar-refractivity contribution in [2.75, 3.05) is 18.1 Å². The second-order valence-electron chi connectivity index (χ2n) is 7.53. The van der Waals surface area contributed by atoms with Gasteiger partial charge in [-0.05, 0) is 18.3 Å². The Kier molecular flexibility index (Phi) is 15.8. The summed E-state index contributed by atoms with van der Waals surface area (Å²) in [6, 6.07) is 0. The smallest absolute Gasteiger partial charge is 0.220 e. The number of unbranched alkanes of at least 4 members (excludes halogenated alkanes) is 7.